The van der Waals surface area contributed by atoms with Gasteiger partial charge < -0.3 is 26.6 Å². The fourth-order valence-corrected chi connectivity index (χ4v) is 2.69. The van der Waals surface area contributed by atoms with Crippen LogP contribution in [0.25, 0.3) is 11.4 Å². The highest BCUT2D eigenvalue weighted by Gasteiger charge is 2.08. The van der Waals surface area contributed by atoms with Gasteiger partial charge in [-0.25, -0.2) is 14.8 Å². The Hall–Kier alpha value is -3.46. The second kappa shape index (κ2) is 7.83. The zero-order valence-corrected chi connectivity index (χ0v) is 15.1. The van der Waals surface area contributed by atoms with Gasteiger partial charge in [0.05, 0.1) is 4.90 Å². The highest BCUT2D eigenvalue weighted by atomic mass is 32.2. The van der Waals surface area contributed by atoms with Crippen LogP contribution in [-0.2, 0) is 0 Å². The van der Waals surface area contributed by atoms with E-state index in [4.69, 9.17) is 5.73 Å². The molecule has 6 N–H and O–H groups in total. The van der Waals surface area contributed by atoms with Crippen molar-refractivity contribution >= 4 is 35.0 Å². The molecular weight excluding hydrogens is 366 g/mol. The Balaban J connectivity index is 1.67. The quantitative estimate of drug-likeness (QED) is 0.264. The number of nitrogens with two attached hydrogens (primary N) is 1. The second-order valence-electron chi connectivity index (χ2n) is 5.51. The minimum atomic E-state index is -0.488. The summed E-state index contributed by atoms with van der Waals surface area (Å²) in [5.41, 5.74) is 7.56. The molecule has 8 nitrogen and oxygen atoms in total. The Morgan fingerprint density at radius 2 is 1.70 bits per heavy atom. The molecular formula is C18H17N5O3S. The third-order valence-corrected chi connectivity index (χ3v) is 4.39. The fourth-order valence-electron chi connectivity index (χ4n) is 2.28. The van der Waals surface area contributed by atoms with Gasteiger partial charge in [0.15, 0.2) is 17.3 Å². The molecule has 3 rings (SSSR count). The molecule has 0 radical (unpaired) electrons. The van der Waals surface area contributed by atoms with E-state index in [1.807, 2.05) is 6.26 Å². The van der Waals surface area contributed by atoms with Crippen LogP contribution in [-0.4, -0.2) is 32.5 Å². The topological polar surface area (TPSA) is 133 Å². The van der Waals surface area contributed by atoms with Crippen LogP contribution in [0.1, 0.15) is 0 Å². The van der Waals surface area contributed by atoms with Crippen molar-refractivity contribution in [2.75, 3.05) is 22.6 Å². The predicted molar refractivity (Wildman–Crippen MR) is 106 cm³/mol. The van der Waals surface area contributed by atoms with Crippen LogP contribution >= 0.6 is 11.8 Å². The van der Waals surface area contributed by atoms with Crippen molar-refractivity contribution in [1.29, 1.82) is 0 Å². The number of anilines is 3. The molecule has 0 spiro atoms. The third kappa shape index (κ3) is 4.39. The minimum Gasteiger partial charge on any atom is -0.504 e. The lowest BCUT2D eigenvalue weighted by molar-refractivity contribution is 0.262. The number of hydrogen-bond acceptors (Lipinski definition) is 7. The molecule has 0 aliphatic carbocycles. The lowest BCUT2D eigenvalue weighted by atomic mass is 10.2. The van der Waals surface area contributed by atoms with E-state index >= 15 is 0 Å². The molecule has 0 bridgehead atoms. The average Bonchev–Trinajstić information content (AvgIpc) is 2.65. The number of phenolic OH excluding ortho intramolecular Hbond substituents is 2. The van der Waals surface area contributed by atoms with Crippen molar-refractivity contribution in [3.05, 3.63) is 48.7 Å². The summed E-state index contributed by atoms with van der Waals surface area (Å²) in [6.07, 6.45) is 3.58. The van der Waals surface area contributed by atoms with Gasteiger partial charge in [0.25, 0.3) is 0 Å². The summed E-state index contributed by atoms with van der Waals surface area (Å²) in [4.78, 5) is 21.4. The number of amides is 2. The van der Waals surface area contributed by atoms with Crippen LogP contribution in [0.2, 0.25) is 0 Å². The molecule has 0 aliphatic rings. The number of nitrogens with one attached hydrogen (secondary N) is 2. The lowest BCUT2D eigenvalue weighted by Gasteiger charge is -2.09. The Labute approximate surface area is 159 Å². The molecule has 0 atom stereocenters. The summed E-state index contributed by atoms with van der Waals surface area (Å²) in [5, 5.41) is 24.0. The Morgan fingerprint density at radius 1 is 1.04 bits per heavy atom. The number of nitrogen functional groups attached to an aromatic ring is 1. The molecule has 27 heavy (non-hydrogen) atoms. The number of carbonyl (C=O) groups excluding carboxylic acids is 1. The zero-order chi connectivity index (χ0) is 19.4. The minimum absolute atomic E-state index is 0.259. The molecule has 2 aromatic carbocycles. The molecule has 0 saturated heterocycles. The van der Waals surface area contributed by atoms with Crippen molar-refractivity contribution in [2.45, 2.75) is 4.90 Å². The molecule has 9 heteroatoms. The van der Waals surface area contributed by atoms with E-state index in [-0.39, 0.29) is 11.5 Å². The average molecular weight is 383 g/mol. The lowest BCUT2D eigenvalue weighted by Crippen LogP contribution is -2.19. The molecule has 2 amide bonds. The van der Waals surface area contributed by atoms with Crippen LogP contribution in [0, 0.1) is 0 Å². The number of urea groups is 1. The first-order chi connectivity index (χ1) is 13.0. The second-order valence-corrected chi connectivity index (χ2v) is 6.36. The fraction of sp³-hybridized carbons (Fsp3) is 0.0556. The largest absolute Gasteiger partial charge is 0.504 e. The first-order valence-corrected chi connectivity index (χ1v) is 9.05. The number of aromatic nitrogens is 2. The van der Waals surface area contributed by atoms with Crippen LogP contribution in [0.3, 0.4) is 0 Å². The van der Waals surface area contributed by atoms with Gasteiger partial charge in [-0.1, -0.05) is 0 Å². The van der Waals surface area contributed by atoms with Gasteiger partial charge in [0, 0.05) is 29.2 Å². The van der Waals surface area contributed by atoms with Crippen LogP contribution in [0.5, 0.6) is 11.5 Å². The number of thioether (sulfide) groups is 1. The van der Waals surface area contributed by atoms with Crippen LogP contribution in [0.4, 0.5) is 22.0 Å². The predicted octanol–water partition coefficient (Wildman–Crippen LogP) is 3.50. The number of nitrogens with zero attached hydrogens (tertiary/aromatic N) is 2. The summed E-state index contributed by atoms with van der Waals surface area (Å²) >= 11 is 1.48. The van der Waals surface area contributed by atoms with Gasteiger partial charge in [-0.3, -0.25) is 0 Å². The van der Waals surface area contributed by atoms with Gasteiger partial charge >= 0.3 is 6.03 Å². The molecule has 138 valence electrons. The molecule has 0 fully saturated rings. The van der Waals surface area contributed by atoms with Gasteiger partial charge in [-0.15, -0.1) is 11.8 Å². The van der Waals surface area contributed by atoms with E-state index in [1.165, 1.54) is 30.0 Å². The first kappa shape index (κ1) is 18.3. The van der Waals surface area contributed by atoms with Crippen molar-refractivity contribution in [1.82, 2.24) is 9.97 Å². The summed E-state index contributed by atoms with van der Waals surface area (Å²) in [6, 6.07) is 10.5. The Kier molecular flexibility index (Phi) is 5.32. The van der Waals surface area contributed by atoms with E-state index in [2.05, 4.69) is 20.6 Å². The maximum Gasteiger partial charge on any atom is 0.323 e. The van der Waals surface area contributed by atoms with Gasteiger partial charge in [0.2, 0.25) is 0 Å². The Morgan fingerprint density at radius 3 is 2.33 bits per heavy atom. The summed E-state index contributed by atoms with van der Waals surface area (Å²) in [7, 11) is 0. The normalized spacial score (nSPS) is 10.4. The highest BCUT2D eigenvalue weighted by molar-refractivity contribution is 7.98. The molecule has 3 aromatic rings. The molecule has 1 heterocycles. The number of aromatic hydroxyl groups is 2. The molecule has 1 aromatic heterocycles. The number of hydrogen-bond donors (Lipinski definition) is 5. The van der Waals surface area contributed by atoms with Crippen LogP contribution in [0.15, 0.2) is 53.6 Å². The first-order valence-electron chi connectivity index (χ1n) is 7.83. The van der Waals surface area contributed by atoms with Crippen LogP contribution < -0.4 is 16.4 Å². The number of benzene rings is 2. The number of phenols is 2. The highest BCUT2D eigenvalue weighted by Crippen LogP contribution is 2.27. The van der Waals surface area contributed by atoms with E-state index in [9.17, 15) is 15.0 Å². The molecule has 0 saturated carbocycles. The van der Waals surface area contributed by atoms with E-state index in [0.29, 0.717) is 23.0 Å². The van der Waals surface area contributed by atoms with Crippen molar-refractivity contribution in [3.63, 3.8) is 0 Å². The SMILES string of the molecule is CSc1cnc(-c2ccc(NC(=O)Nc3ccc(O)c(O)c3)cc2)nc1N. The van der Waals surface area contributed by atoms with Crippen molar-refractivity contribution < 1.29 is 15.0 Å². The monoisotopic (exact) mass is 383 g/mol. The van der Waals surface area contributed by atoms with Gasteiger partial charge in [-0.05, 0) is 42.7 Å². The van der Waals surface area contributed by atoms with Gasteiger partial charge in [-0.2, -0.15) is 0 Å². The number of carbonyl (C=O) groups is 1. The maximum atomic E-state index is 12.0. The van der Waals surface area contributed by atoms with Gasteiger partial charge in [0.1, 0.15) is 5.82 Å². The smallest absolute Gasteiger partial charge is 0.323 e. The van der Waals surface area contributed by atoms with E-state index in [0.717, 1.165) is 10.5 Å². The molecule has 0 unspecified atom stereocenters. The number of rotatable bonds is 4. The Bertz CT molecular complexity index is 979. The summed E-state index contributed by atoms with van der Waals surface area (Å²) in [6.45, 7) is 0. The van der Waals surface area contributed by atoms with Crippen molar-refractivity contribution in [2.24, 2.45) is 0 Å². The zero-order valence-electron chi connectivity index (χ0n) is 14.3. The van der Waals surface area contributed by atoms with E-state index in [1.54, 1.807) is 30.5 Å². The summed E-state index contributed by atoms with van der Waals surface area (Å²) in [5.74, 6) is 0.348. The summed E-state index contributed by atoms with van der Waals surface area (Å²) < 4.78 is 0. The maximum absolute atomic E-state index is 12.0. The third-order valence-electron chi connectivity index (χ3n) is 3.64. The van der Waals surface area contributed by atoms with E-state index < -0.39 is 6.03 Å². The standard InChI is InChI=1S/C18H17N5O3S/c1-27-15-9-20-17(23-16(15)19)10-2-4-11(5-3-10)21-18(26)22-12-6-7-13(24)14(25)8-12/h2-9,24-25H,1H3,(H2,19,20,23)(H2,21,22,26). The molecule has 0 aliphatic heterocycles. The van der Waals surface area contributed by atoms with Crippen molar-refractivity contribution in [3.8, 4) is 22.9 Å².